The number of carbonyl (C=O) groups excluding carboxylic acids is 2. The topological polar surface area (TPSA) is 89.0 Å². The van der Waals surface area contributed by atoms with Crippen LogP contribution in [0, 0.1) is 0 Å². The highest BCUT2D eigenvalue weighted by Crippen LogP contribution is 2.28. The molecule has 0 bridgehead atoms. The quantitative estimate of drug-likeness (QED) is 0.279. The number of hydrogen-bond donors (Lipinski definition) is 2. The average molecular weight is 397 g/mol. The summed E-state index contributed by atoms with van der Waals surface area (Å²) in [5.41, 5.74) is 3.97. The summed E-state index contributed by atoms with van der Waals surface area (Å²) in [5.74, 6) is -0.302. The highest BCUT2D eigenvalue weighted by atomic mass is 16.5. The fourth-order valence-corrected chi connectivity index (χ4v) is 2.40. The van der Waals surface area contributed by atoms with Crippen LogP contribution in [0.2, 0.25) is 0 Å². The normalized spacial score (nSPS) is 10.6. The lowest BCUT2D eigenvalue weighted by Crippen LogP contribution is -2.38. The number of unbranched alkanes of at least 4 members (excludes halogenated alkanes) is 1. The van der Waals surface area contributed by atoms with Crippen molar-refractivity contribution >= 4 is 18.0 Å². The summed E-state index contributed by atoms with van der Waals surface area (Å²) < 4.78 is 11.5. The molecular formula is C22H27N3O4. The number of hydrazone groups is 1. The van der Waals surface area contributed by atoms with Crippen molar-refractivity contribution in [2.45, 2.75) is 33.3 Å². The zero-order valence-electron chi connectivity index (χ0n) is 16.8. The molecule has 0 atom stereocenters. The van der Waals surface area contributed by atoms with Crippen LogP contribution in [0.1, 0.15) is 37.8 Å². The number of amides is 2. The van der Waals surface area contributed by atoms with Crippen molar-refractivity contribution in [3.63, 3.8) is 0 Å². The SMILES string of the molecule is CCCCNC(=O)C(=O)N/N=C\c1ccc(OCc2ccccc2)c(OCC)c1. The monoisotopic (exact) mass is 397 g/mol. The number of nitrogens with zero attached hydrogens (tertiary/aromatic N) is 1. The fraction of sp³-hybridized carbons (Fsp3) is 0.318. The predicted octanol–water partition coefficient (Wildman–Crippen LogP) is 3.03. The summed E-state index contributed by atoms with van der Waals surface area (Å²) in [6.45, 7) is 5.27. The molecular weight excluding hydrogens is 370 g/mol. The molecule has 0 aliphatic carbocycles. The molecule has 0 saturated carbocycles. The maximum absolute atomic E-state index is 11.7. The van der Waals surface area contributed by atoms with Crippen LogP contribution in [0.3, 0.4) is 0 Å². The van der Waals surface area contributed by atoms with Crippen molar-refractivity contribution in [1.29, 1.82) is 0 Å². The third-order valence-electron chi connectivity index (χ3n) is 3.91. The summed E-state index contributed by atoms with van der Waals surface area (Å²) in [6.07, 6.45) is 3.20. The second-order valence-corrected chi connectivity index (χ2v) is 6.22. The van der Waals surface area contributed by atoms with Gasteiger partial charge in [0.25, 0.3) is 0 Å². The van der Waals surface area contributed by atoms with E-state index in [2.05, 4.69) is 15.8 Å². The van der Waals surface area contributed by atoms with Gasteiger partial charge < -0.3 is 14.8 Å². The van der Waals surface area contributed by atoms with Crippen molar-refractivity contribution in [3.05, 3.63) is 59.7 Å². The Morgan fingerprint density at radius 3 is 2.52 bits per heavy atom. The van der Waals surface area contributed by atoms with Crippen LogP contribution in [0.25, 0.3) is 0 Å². The first kappa shape index (κ1) is 21.9. The van der Waals surface area contributed by atoms with E-state index in [1.165, 1.54) is 6.21 Å². The number of rotatable bonds is 10. The molecule has 7 nitrogen and oxygen atoms in total. The van der Waals surface area contributed by atoms with E-state index in [1.54, 1.807) is 18.2 Å². The summed E-state index contributed by atoms with van der Waals surface area (Å²) >= 11 is 0. The van der Waals surface area contributed by atoms with E-state index in [0.717, 1.165) is 18.4 Å². The third kappa shape index (κ3) is 7.65. The van der Waals surface area contributed by atoms with Crippen LogP contribution in [-0.2, 0) is 16.2 Å². The number of carbonyl (C=O) groups is 2. The highest BCUT2D eigenvalue weighted by Gasteiger charge is 2.11. The molecule has 2 rings (SSSR count). The molecule has 0 aliphatic heterocycles. The Kier molecular flexibility index (Phi) is 9.21. The van der Waals surface area contributed by atoms with E-state index < -0.39 is 11.8 Å². The van der Waals surface area contributed by atoms with Gasteiger partial charge in [-0.05, 0) is 42.7 Å². The van der Waals surface area contributed by atoms with Crippen LogP contribution >= 0.6 is 0 Å². The van der Waals surface area contributed by atoms with Gasteiger partial charge in [-0.2, -0.15) is 5.10 Å². The first-order valence-electron chi connectivity index (χ1n) is 9.68. The van der Waals surface area contributed by atoms with Gasteiger partial charge in [0.2, 0.25) is 0 Å². The first-order valence-corrected chi connectivity index (χ1v) is 9.68. The Balaban J connectivity index is 1.95. The highest BCUT2D eigenvalue weighted by molar-refractivity contribution is 6.35. The van der Waals surface area contributed by atoms with Crippen LogP contribution in [0.5, 0.6) is 11.5 Å². The molecule has 2 aromatic rings. The molecule has 0 aliphatic rings. The largest absolute Gasteiger partial charge is 0.490 e. The second kappa shape index (κ2) is 12.2. The van der Waals surface area contributed by atoms with E-state index in [1.807, 2.05) is 44.2 Å². The van der Waals surface area contributed by atoms with E-state index in [4.69, 9.17) is 9.47 Å². The Morgan fingerprint density at radius 1 is 1.00 bits per heavy atom. The smallest absolute Gasteiger partial charge is 0.329 e. The van der Waals surface area contributed by atoms with Gasteiger partial charge in [0, 0.05) is 6.54 Å². The van der Waals surface area contributed by atoms with Crippen LogP contribution in [0.15, 0.2) is 53.6 Å². The van der Waals surface area contributed by atoms with E-state index in [0.29, 0.717) is 36.8 Å². The van der Waals surface area contributed by atoms with Gasteiger partial charge >= 0.3 is 11.8 Å². The molecule has 0 spiro atoms. The third-order valence-corrected chi connectivity index (χ3v) is 3.91. The van der Waals surface area contributed by atoms with Crippen molar-refractivity contribution in [2.75, 3.05) is 13.2 Å². The Bertz CT molecular complexity index is 822. The second-order valence-electron chi connectivity index (χ2n) is 6.22. The predicted molar refractivity (Wildman–Crippen MR) is 112 cm³/mol. The Hall–Kier alpha value is -3.35. The fourth-order valence-electron chi connectivity index (χ4n) is 2.40. The van der Waals surface area contributed by atoms with Crippen LogP contribution in [-0.4, -0.2) is 31.2 Å². The molecule has 2 N–H and O–H groups in total. The summed E-state index contributed by atoms with van der Waals surface area (Å²) in [7, 11) is 0. The lowest BCUT2D eigenvalue weighted by Gasteiger charge is -2.12. The summed E-state index contributed by atoms with van der Waals surface area (Å²) in [6, 6.07) is 15.2. The molecule has 29 heavy (non-hydrogen) atoms. The lowest BCUT2D eigenvalue weighted by atomic mass is 10.2. The van der Waals surface area contributed by atoms with Crippen molar-refractivity contribution in [3.8, 4) is 11.5 Å². The van der Waals surface area contributed by atoms with E-state index in [9.17, 15) is 9.59 Å². The van der Waals surface area contributed by atoms with Crippen molar-refractivity contribution < 1.29 is 19.1 Å². The molecule has 0 unspecified atom stereocenters. The molecule has 0 heterocycles. The molecule has 154 valence electrons. The Morgan fingerprint density at radius 2 is 1.79 bits per heavy atom. The lowest BCUT2D eigenvalue weighted by molar-refractivity contribution is -0.139. The summed E-state index contributed by atoms with van der Waals surface area (Å²) in [4.78, 5) is 23.3. The molecule has 0 radical (unpaired) electrons. The van der Waals surface area contributed by atoms with E-state index >= 15 is 0 Å². The average Bonchev–Trinajstić information content (AvgIpc) is 2.74. The minimum Gasteiger partial charge on any atom is -0.490 e. The van der Waals surface area contributed by atoms with Gasteiger partial charge in [-0.15, -0.1) is 0 Å². The molecule has 2 aromatic carbocycles. The minimum absolute atomic E-state index is 0.428. The van der Waals surface area contributed by atoms with Gasteiger partial charge in [0.05, 0.1) is 12.8 Å². The zero-order chi connectivity index (χ0) is 20.9. The van der Waals surface area contributed by atoms with Gasteiger partial charge in [0.15, 0.2) is 11.5 Å². The maximum Gasteiger partial charge on any atom is 0.329 e. The van der Waals surface area contributed by atoms with Crippen molar-refractivity contribution in [1.82, 2.24) is 10.7 Å². The van der Waals surface area contributed by atoms with Gasteiger partial charge in [0.1, 0.15) is 6.61 Å². The number of hydrogen-bond acceptors (Lipinski definition) is 5. The molecule has 0 fully saturated rings. The van der Waals surface area contributed by atoms with Gasteiger partial charge in [-0.1, -0.05) is 43.7 Å². The Labute approximate surface area is 171 Å². The van der Waals surface area contributed by atoms with Crippen LogP contribution in [0.4, 0.5) is 0 Å². The molecule has 0 saturated heterocycles. The number of benzene rings is 2. The zero-order valence-corrected chi connectivity index (χ0v) is 16.8. The summed E-state index contributed by atoms with van der Waals surface area (Å²) in [5, 5.41) is 6.37. The van der Waals surface area contributed by atoms with Gasteiger partial charge in [-0.3, -0.25) is 9.59 Å². The van der Waals surface area contributed by atoms with Crippen LogP contribution < -0.4 is 20.2 Å². The maximum atomic E-state index is 11.7. The number of nitrogens with one attached hydrogen (secondary N) is 2. The van der Waals surface area contributed by atoms with Gasteiger partial charge in [-0.25, -0.2) is 5.43 Å². The molecule has 2 amide bonds. The van der Waals surface area contributed by atoms with Crippen molar-refractivity contribution in [2.24, 2.45) is 5.10 Å². The molecule has 7 heteroatoms. The minimum atomic E-state index is -0.801. The number of ether oxygens (including phenoxy) is 2. The standard InChI is InChI=1S/C22H27N3O4/c1-3-5-13-23-21(26)22(27)25-24-15-18-11-12-19(20(14-18)28-4-2)29-16-17-9-7-6-8-10-17/h6-12,14-15H,3-5,13,16H2,1-2H3,(H,23,26)(H,25,27)/b24-15-. The van der Waals surface area contributed by atoms with E-state index in [-0.39, 0.29) is 0 Å². The molecule has 0 aromatic heterocycles. The first-order chi connectivity index (χ1) is 14.1.